The summed E-state index contributed by atoms with van der Waals surface area (Å²) in [4.78, 5) is 15.6. The van der Waals surface area contributed by atoms with E-state index in [0.29, 0.717) is 5.71 Å². The molecule has 0 bridgehead atoms. The molecular weight excluding hydrogens is 216 g/mol. The molecule has 0 aliphatic rings. The highest BCUT2D eigenvalue weighted by molar-refractivity contribution is 5.98. The van der Waals surface area contributed by atoms with E-state index in [1.807, 2.05) is 36.4 Å². The molecule has 0 aliphatic carbocycles. The van der Waals surface area contributed by atoms with E-state index < -0.39 is 0 Å². The van der Waals surface area contributed by atoms with Gasteiger partial charge in [-0.1, -0.05) is 18.2 Å². The van der Waals surface area contributed by atoms with Gasteiger partial charge in [-0.3, -0.25) is 9.79 Å². The number of rotatable bonds is 5. The zero-order chi connectivity index (χ0) is 12.5. The van der Waals surface area contributed by atoms with E-state index in [0.717, 1.165) is 5.69 Å². The summed E-state index contributed by atoms with van der Waals surface area (Å²) in [7, 11) is 0. The van der Waals surface area contributed by atoms with Crippen molar-refractivity contribution < 1.29 is 9.53 Å². The first-order chi connectivity index (χ1) is 8.22. The van der Waals surface area contributed by atoms with Crippen molar-refractivity contribution in [2.45, 2.75) is 19.8 Å². The summed E-state index contributed by atoms with van der Waals surface area (Å²) in [5.74, 6) is -0.350. The Morgan fingerprint density at radius 2 is 2.12 bits per heavy atom. The smallest absolute Gasteiger partial charge is 0.311 e. The van der Waals surface area contributed by atoms with Crippen LogP contribution in [0.1, 0.15) is 19.8 Å². The lowest BCUT2D eigenvalue weighted by Crippen LogP contribution is -2.09. The van der Waals surface area contributed by atoms with Gasteiger partial charge in [-0.05, 0) is 19.1 Å². The van der Waals surface area contributed by atoms with Crippen molar-refractivity contribution in [3.8, 4) is 6.07 Å². The van der Waals surface area contributed by atoms with E-state index in [1.165, 1.54) is 0 Å². The number of hydrogen-bond donors (Lipinski definition) is 0. The number of nitriles is 1. The summed E-state index contributed by atoms with van der Waals surface area (Å²) in [6, 6.07) is 11.3. The van der Waals surface area contributed by atoms with Gasteiger partial charge in [-0.15, -0.1) is 0 Å². The number of carbonyl (C=O) groups excluding carboxylic acids is 1. The van der Waals surface area contributed by atoms with Crippen molar-refractivity contribution in [1.29, 1.82) is 5.26 Å². The van der Waals surface area contributed by atoms with Crippen molar-refractivity contribution in [3.05, 3.63) is 30.3 Å². The molecule has 0 N–H and O–H groups in total. The molecular formula is C13H14N2O2. The van der Waals surface area contributed by atoms with Crippen molar-refractivity contribution >= 4 is 17.4 Å². The third kappa shape index (κ3) is 5.47. The Balaban J connectivity index is 2.44. The van der Waals surface area contributed by atoms with Crippen LogP contribution in [-0.4, -0.2) is 18.3 Å². The number of ether oxygens (including phenoxy) is 1. The number of aliphatic imine (C=N–C) groups is 1. The molecule has 0 radical (unpaired) electrons. The largest absolute Gasteiger partial charge is 0.464 e. The first-order valence-electron chi connectivity index (χ1n) is 5.34. The highest BCUT2D eigenvalue weighted by atomic mass is 16.5. The van der Waals surface area contributed by atoms with Crippen molar-refractivity contribution in [1.82, 2.24) is 0 Å². The number of hydrogen-bond acceptors (Lipinski definition) is 4. The molecule has 0 saturated heterocycles. The van der Waals surface area contributed by atoms with Crippen LogP contribution in [0.3, 0.4) is 0 Å². The van der Waals surface area contributed by atoms with Crippen LogP contribution < -0.4 is 0 Å². The Hall–Kier alpha value is -2.15. The normalized spacial score (nSPS) is 10.7. The SMILES string of the molecule is CC(CC(=O)OCCC#N)=Nc1ccccc1. The summed E-state index contributed by atoms with van der Waals surface area (Å²) < 4.78 is 4.85. The zero-order valence-corrected chi connectivity index (χ0v) is 9.72. The Kier molecular flexibility index (Phi) is 5.45. The average Bonchev–Trinajstić information content (AvgIpc) is 2.30. The molecule has 0 amide bonds. The molecule has 0 saturated carbocycles. The second kappa shape index (κ2) is 7.18. The van der Waals surface area contributed by atoms with Crippen LogP contribution in [0.2, 0.25) is 0 Å². The van der Waals surface area contributed by atoms with E-state index in [9.17, 15) is 4.79 Å². The maximum atomic E-state index is 11.3. The lowest BCUT2D eigenvalue weighted by Gasteiger charge is -2.02. The van der Waals surface area contributed by atoms with Gasteiger partial charge in [0.05, 0.1) is 24.6 Å². The van der Waals surface area contributed by atoms with Crippen LogP contribution in [0.4, 0.5) is 5.69 Å². The molecule has 1 rings (SSSR count). The van der Waals surface area contributed by atoms with Gasteiger partial charge in [0.15, 0.2) is 0 Å². The summed E-state index contributed by atoms with van der Waals surface area (Å²) in [6.45, 7) is 1.92. The first-order valence-corrected chi connectivity index (χ1v) is 5.34. The average molecular weight is 230 g/mol. The van der Waals surface area contributed by atoms with Gasteiger partial charge in [0, 0.05) is 5.71 Å². The Morgan fingerprint density at radius 1 is 1.41 bits per heavy atom. The molecule has 0 aromatic heterocycles. The minimum Gasteiger partial charge on any atom is -0.464 e. The summed E-state index contributed by atoms with van der Waals surface area (Å²) in [6.07, 6.45) is 0.376. The molecule has 1 aromatic carbocycles. The number of esters is 1. The van der Waals surface area contributed by atoms with Crippen LogP contribution in [0.25, 0.3) is 0 Å². The summed E-state index contributed by atoms with van der Waals surface area (Å²) in [5, 5.41) is 8.29. The standard InChI is InChI=1S/C13H14N2O2/c1-11(10-13(16)17-9-5-8-14)15-12-6-3-2-4-7-12/h2-4,6-7H,5,9-10H2,1H3. The predicted octanol–water partition coefficient (Wildman–Crippen LogP) is 2.63. The number of benzene rings is 1. The van der Waals surface area contributed by atoms with Gasteiger partial charge in [0.2, 0.25) is 0 Å². The monoisotopic (exact) mass is 230 g/mol. The second-order valence-electron chi connectivity index (χ2n) is 3.49. The van der Waals surface area contributed by atoms with Gasteiger partial charge < -0.3 is 4.74 Å². The van der Waals surface area contributed by atoms with E-state index in [-0.39, 0.29) is 25.4 Å². The minimum atomic E-state index is -0.350. The number of nitrogens with zero attached hydrogens (tertiary/aromatic N) is 2. The van der Waals surface area contributed by atoms with Crippen molar-refractivity contribution in [2.75, 3.05) is 6.61 Å². The van der Waals surface area contributed by atoms with Crippen LogP contribution in [-0.2, 0) is 9.53 Å². The molecule has 88 valence electrons. The molecule has 17 heavy (non-hydrogen) atoms. The van der Waals surface area contributed by atoms with Crippen molar-refractivity contribution in [3.63, 3.8) is 0 Å². The molecule has 0 aliphatic heterocycles. The van der Waals surface area contributed by atoms with E-state index in [1.54, 1.807) is 6.92 Å². The quantitative estimate of drug-likeness (QED) is 0.443. The van der Waals surface area contributed by atoms with Crippen LogP contribution in [0.5, 0.6) is 0 Å². The highest BCUT2D eigenvalue weighted by Crippen LogP contribution is 2.10. The lowest BCUT2D eigenvalue weighted by atomic mass is 10.3. The molecule has 0 atom stereocenters. The van der Waals surface area contributed by atoms with E-state index >= 15 is 0 Å². The molecule has 0 fully saturated rings. The van der Waals surface area contributed by atoms with Crippen LogP contribution in [0, 0.1) is 11.3 Å². The first kappa shape index (κ1) is 12.9. The molecule has 4 heteroatoms. The van der Waals surface area contributed by atoms with Crippen LogP contribution in [0.15, 0.2) is 35.3 Å². The molecule has 0 spiro atoms. The third-order valence-corrected chi connectivity index (χ3v) is 1.95. The minimum absolute atomic E-state index is 0.147. The topological polar surface area (TPSA) is 62.5 Å². The van der Waals surface area contributed by atoms with E-state index in [2.05, 4.69) is 4.99 Å². The van der Waals surface area contributed by atoms with Crippen LogP contribution >= 0.6 is 0 Å². The number of para-hydroxylation sites is 1. The summed E-state index contributed by atoms with van der Waals surface area (Å²) >= 11 is 0. The van der Waals surface area contributed by atoms with Crippen molar-refractivity contribution in [2.24, 2.45) is 4.99 Å². The Morgan fingerprint density at radius 3 is 2.76 bits per heavy atom. The molecule has 0 heterocycles. The second-order valence-corrected chi connectivity index (χ2v) is 3.49. The fourth-order valence-corrected chi connectivity index (χ4v) is 1.23. The fourth-order valence-electron chi connectivity index (χ4n) is 1.23. The van der Waals surface area contributed by atoms with Gasteiger partial charge in [-0.25, -0.2) is 0 Å². The zero-order valence-electron chi connectivity index (χ0n) is 9.72. The molecule has 0 unspecified atom stereocenters. The van der Waals surface area contributed by atoms with Gasteiger partial charge in [0.1, 0.15) is 6.61 Å². The van der Waals surface area contributed by atoms with Gasteiger partial charge in [-0.2, -0.15) is 5.26 Å². The Bertz CT molecular complexity index is 432. The van der Waals surface area contributed by atoms with E-state index in [4.69, 9.17) is 10.00 Å². The highest BCUT2D eigenvalue weighted by Gasteiger charge is 2.04. The maximum Gasteiger partial charge on any atom is 0.311 e. The van der Waals surface area contributed by atoms with Gasteiger partial charge >= 0.3 is 5.97 Å². The maximum absolute atomic E-state index is 11.3. The van der Waals surface area contributed by atoms with Gasteiger partial charge in [0.25, 0.3) is 0 Å². The molecule has 4 nitrogen and oxygen atoms in total. The summed E-state index contributed by atoms with van der Waals surface area (Å²) in [5.41, 5.74) is 1.51. The molecule has 1 aromatic rings. The predicted molar refractivity (Wildman–Crippen MR) is 65.0 cm³/mol. The third-order valence-electron chi connectivity index (χ3n) is 1.95. The number of carbonyl (C=O) groups is 1. The Labute approximate surface area is 101 Å². The lowest BCUT2D eigenvalue weighted by molar-refractivity contribution is -0.141. The fraction of sp³-hybridized carbons (Fsp3) is 0.308.